The number of aromatic nitrogens is 1. The Morgan fingerprint density at radius 3 is 2.93 bits per heavy atom. The fraction of sp³-hybridized carbons (Fsp3) is 0.636. The maximum absolute atomic E-state index is 11.8. The minimum Gasteiger partial charge on any atom is -0.302 e. The molecule has 1 amide bonds. The number of amides is 1. The molecule has 0 aromatic carbocycles. The molecule has 0 aliphatic heterocycles. The number of anilines is 1. The predicted octanol–water partition coefficient (Wildman–Crippen LogP) is 3.30. The molecular weight excluding hydrogens is 208 g/mol. The minimum atomic E-state index is 0.112. The van der Waals surface area contributed by atoms with Crippen LogP contribution >= 0.6 is 11.3 Å². The van der Waals surface area contributed by atoms with Crippen LogP contribution in [0.25, 0.3) is 0 Å². The predicted molar refractivity (Wildman–Crippen MR) is 64.0 cm³/mol. The van der Waals surface area contributed by atoms with E-state index in [0.717, 1.165) is 25.7 Å². The van der Waals surface area contributed by atoms with Crippen molar-refractivity contribution in [3.63, 3.8) is 0 Å². The summed E-state index contributed by atoms with van der Waals surface area (Å²) in [6, 6.07) is 0. The molecule has 84 valence electrons. The third-order valence-electron chi connectivity index (χ3n) is 2.43. The highest BCUT2D eigenvalue weighted by atomic mass is 32.1. The summed E-state index contributed by atoms with van der Waals surface area (Å²) in [5, 5.41) is 5.42. The average Bonchev–Trinajstić information content (AvgIpc) is 2.71. The van der Waals surface area contributed by atoms with Gasteiger partial charge in [0.15, 0.2) is 5.13 Å². The van der Waals surface area contributed by atoms with Crippen molar-refractivity contribution in [2.24, 2.45) is 5.92 Å². The van der Waals surface area contributed by atoms with Crippen LogP contribution in [-0.2, 0) is 4.79 Å². The van der Waals surface area contributed by atoms with Crippen LogP contribution in [-0.4, -0.2) is 10.9 Å². The standard InChI is InChI=1S/C11H18N2OS/c1-3-5-6-9(4-2)10(14)13-11-12-7-8-15-11/h7-9H,3-6H2,1-2H3,(H,12,13,14)/t9-/m0/s1. The van der Waals surface area contributed by atoms with Gasteiger partial charge in [-0.15, -0.1) is 11.3 Å². The number of nitrogens with zero attached hydrogens (tertiary/aromatic N) is 1. The lowest BCUT2D eigenvalue weighted by atomic mass is 9.99. The molecule has 1 aromatic rings. The zero-order valence-electron chi connectivity index (χ0n) is 9.32. The summed E-state index contributed by atoms with van der Waals surface area (Å²) in [5.74, 6) is 0.245. The molecule has 1 N–H and O–H groups in total. The van der Waals surface area contributed by atoms with Crippen molar-refractivity contribution < 1.29 is 4.79 Å². The Balaban J connectivity index is 2.43. The molecule has 0 aliphatic rings. The van der Waals surface area contributed by atoms with Crippen LogP contribution in [0.5, 0.6) is 0 Å². The first-order chi connectivity index (χ1) is 7.27. The van der Waals surface area contributed by atoms with Crippen molar-refractivity contribution in [3.05, 3.63) is 11.6 Å². The molecule has 0 fully saturated rings. The van der Waals surface area contributed by atoms with Crippen LogP contribution in [0.3, 0.4) is 0 Å². The number of hydrogen-bond acceptors (Lipinski definition) is 3. The molecule has 3 nitrogen and oxygen atoms in total. The van der Waals surface area contributed by atoms with E-state index in [4.69, 9.17) is 0 Å². The molecule has 1 atom stereocenters. The summed E-state index contributed by atoms with van der Waals surface area (Å²) in [4.78, 5) is 15.8. The van der Waals surface area contributed by atoms with Gasteiger partial charge in [-0.1, -0.05) is 26.7 Å². The summed E-state index contributed by atoms with van der Waals surface area (Å²) in [6.07, 6.45) is 5.83. The highest BCUT2D eigenvalue weighted by Crippen LogP contribution is 2.17. The van der Waals surface area contributed by atoms with E-state index in [1.54, 1.807) is 6.20 Å². The van der Waals surface area contributed by atoms with Crippen LogP contribution in [0.4, 0.5) is 5.13 Å². The second kappa shape index (κ2) is 6.56. The van der Waals surface area contributed by atoms with Crippen LogP contribution in [0, 0.1) is 5.92 Å². The van der Waals surface area contributed by atoms with Gasteiger partial charge < -0.3 is 5.32 Å². The van der Waals surface area contributed by atoms with Crippen LogP contribution in [0.15, 0.2) is 11.6 Å². The molecule has 1 aromatic heterocycles. The SMILES string of the molecule is CCCC[C@H](CC)C(=O)Nc1nccs1. The van der Waals surface area contributed by atoms with Gasteiger partial charge in [0.05, 0.1) is 0 Å². The maximum atomic E-state index is 11.8. The summed E-state index contributed by atoms with van der Waals surface area (Å²) in [5.41, 5.74) is 0. The highest BCUT2D eigenvalue weighted by molar-refractivity contribution is 7.13. The number of thiazole rings is 1. The van der Waals surface area contributed by atoms with Gasteiger partial charge in [-0.25, -0.2) is 4.98 Å². The summed E-state index contributed by atoms with van der Waals surface area (Å²) >= 11 is 1.46. The van der Waals surface area contributed by atoms with Crippen molar-refractivity contribution in [3.8, 4) is 0 Å². The molecule has 15 heavy (non-hydrogen) atoms. The number of carbonyl (C=O) groups is 1. The van der Waals surface area contributed by atoms with E-state index in [1.165, 1.54) is 11.3 Å². The maximum Gasteiger partial charge on any atom is 0.229 e. The van der Waals surface area contributed by atoms with Gasteiger partial charge in [-0.05, 0) is 12.8 Å². The Kier molecular flexibility index (Phi) is 5.32. The molecular formula is C11H18N2OS. The van der Waals surface area contributed by atoms with Crippen molar-refractivity contribution in [2.45, 2.75) is 39.5 Å². The van der Waals surface area contributed by atoms with Gasteiger partial charge in [0.25, 0.3) is 0 Å². The number of unbranched alkanes of at least 4 members (excludes halogenated alkanes) is 1. The van der Waals surface area contributed by atoms with Crippen molar-refractivity contribution in [2.75, 3.05) is 5.32 Å². The molecule has 1 rings (SSSR count). The van der Waals surface area contributed by atoms with Crippen molar-refractivity contribution in [1.29, 1.82) is 0 Å². The van der Waals surface area contributed by atoms with Crippen molar-refractivity contribution in [1.82, 2.24) is 4.98 Å². The van der Waals surface area contributed by atoms with Gasteiger partial charge in [0.2, 0.25) is 5.91 Å². The van der Waals surface area contributed by atoms with E-state index >= 15 is 0 Å². The van der Waals surface area contributed by atoms with E-state index < -0.39 is 0 Å². The summed E-state index contributed by atoms with van der Waals surface area (Å²) < 4.78 is 0. The van der Waals surface area contributed by atoms with E-state index in [1.807, 2.05) is 5.38 Å². The van der Waals surface area contributed by atoms with Gasteiger partial charge in [-0.2, -0.15) is 0 Å². The Hall–Kier alpha value is -0.900. The largest absolute Gasteiger partial charge is 0.302 e. The number of carbonyl (C=O) groups excluding carboxylic acids is 1. The molecule has 0 spiro atoms. The zero-order valence-corrected chi connectivity index (χ0v) is 10.1. The normalized spacial score (nSPS) is 12.4. The Morgan fingerprint density at radius 2 is 2.40 bits per heavy atom. The number of hydrogen-bond donors (Lipinski definition) is 1. The molecule has 0 unspecified atom stereocenters. The van der Waals surface area contributed by atoms with E-state index in [2.05, 4.69) is 24.1 Å². The molecule has 4 heteroatoms. The summed E-state index contributed by atoms with van der Waals surface area (Å²) in [6.45, 7) is 4.20. The van der Waals surface area contributed by atoms with E-state index in [0.29, 0.717) is 5.13 Å². The first-order valence-corrected chi connectivity index (χ1v) is 6.36. The lowest BCUT2D eigenvalue weighted by molar-refractivity contribution is -0.120. The van der Waals surface area contributed by atoms with Gasteiger partial charge in [0, 0.05) is 17.5 Å². The second-order valence-electron chi connectivity index (χ2n) is 3.57. The Morgan fingerprint density at radius 1 is 1.60 bits per heavy atom. The van der Waals surface area contributed by atoms with Crippen molar-refractivity contribution >= 4 is 22.4 Å². The molecule has 0 saturated carbocycles. The van der Waals surface area contributed by atoms with E-state index in [-0.39, 0.29) is 11.8 Å². The first kappa shape index (κ1) is 12.2. The Labute approximate surface area is 94.9 Å². The molecule has 0 saturated heterocycles. The van der Waals surface area contributed by atoms with Gasteiger partial charge in [-0.3, -0.25) is 4.79 Å². The minimum absolute atomic E-state index is 0.112. The third-order valence-corrected chi connectivity index (χ3v) is 3.12. The zero-order chi connectivity index (χ0) is 11.1. The summed E-state index contributed by atoms with van der Waals surface area (Å²) in [7, 11) is 0. The molecule has 0 bridgehead atoms. The topological polar surface area (TPSA) is 42.0 Å². The Bertz CT molecular complexity index is 285. The lowest BCUT2D eigenvalue weighted by Crippen LogP contribution is -2.22. The number of rotatable bonds is 6. The monoisotopic (exact) mass is 226 g/mol. The quantitative estimate of drug-likeness (QED) is 0.808. The van der Waals surface area contributed by atoms with E-state index in [9.17, 15) is 4.79 Å². The fourth-order valence-corrected chi connectivity index (χ4v) is 2.00. The lowest BCUT2D eigenvalue weighted by Gasteiger charge is -2.12. The third kappa shape index (κ3) is 4.00. The van der Waals surface area contributed by atoms with Gasteiger partial charge >= 0.3 is 0 Å². The van der Waals surface area contributed by atoms with Crippen LogP contribution in [0.2, 0.25) is 0 Å². The smallest absolute Gasteiger partial charge is 0.229 e. The highest BCUT2D eigenvalue weighted by Gasteiger charge is 2.16. The van der Waals surface area contributed by atoms with Gasteiger partial charge in [0.1, 0.15) is 0 Å². The van der Waals surface area contributed by atoms with Crippen LogP contribution < -0.4 is 5.32 Å². The van der Waals surface area contributed by atoms with Crippen LogP contribution in [0.1, 0.15) is 39.5 Å². The second-order valence-corrected chi connectivity index (χ2v) is 4.47. The molecule has 0 radical (unpaired) electrons. The fourth-order valence-electron chi connectivity index (χ4n) is 1.46. The average molecular weight is 226 g/mol. The number of nitrogens with one attached hydrogen (secondary N) is 1. The molecule has 1 heterocycles. The first-order valence-electron chi connectivity index (χ1n) is 5.48. The molecule has 0 aliphatic carbocycles.